The Balaban J connectivity index is 1.94. The third kappa shape index (κ3) is 6.29. The zero-order valence-corrected chi connectivity index (χ0v) is 16.9. The molecule has 2 rings (SSSR count). The summed E-state index contributed by atoms with van der Waals surface area (Å²) >= 11 is 0. The van der Waals surface area contributed by atoms with Crippen LogP contribution in [0.1, 0.15) is 31.4 Å². The first-order valence-corrected chi connectivity index (χ1v) is 9.62. The summed E-state index contributed by atoms with van der Waals surface area (Å²) in [6.45, 7) is 3.53. The van der Waals surface area contributed by atoms with Gasteiger partial charge in [-0.1, -0.05) is 42.5 Å². The molecule has 0 fully saturated rings. The van der Waals surface area contributed by atoms with Gasteiger partial charge in [-0.05, 0) is 63.4 Å². The molecule has 5 heteroatoms. The van der Waals surface area contributed by atoms with Gasteiger partial charge in [-0.2, -0.15) is 0 Å². The van der Waals surface area contributed by atoms with E-state index in [-0.39, 0.29) is 29.9 Å². The molecule has 0 heterocycles. The predicted molar refractivity (Wildman–Crippen MR) is 112 cm³/mol. The van der Waals surface area contributed by atoms with Crippen molar-refractivity contribution < 1.29 is 14.7 Å². The average molecular weight is 383 g/mol. The van der Waals surface area contributed by atoms with Crippen LogP contribution in [0.2, 0.25) is 0 Å². The lowest BCUT2D eigenvalue weighted by molar-refractivity contribution is -0.124. The Morgan fingerprint density at radius 3 is 2.25 bits per heavy atom. The second kappa shape index (κ2) is 10.2. The Bertz CT molecular complexity index is 774. The summed E-state index contributed by atoms with van der Waals surface area (Å²) in [4.78, 5) is 24.9. The molecular formula is C23H30N2O3. The predicted octanol–water partition coefficient (Wildman–Crippen LogP) is 2.66. The molecule has 0 amide bonds. The quantitative estimate of drug-likeness (QED) is 0.557. The minimum Gasteiger partial charge on any atom is -0.508 e. The van der Waals surface area contributed by atoms with E-state index in [1.54, 1.807) is 26.1 Å². The van der Waals surface area contributed by atoms with Crippen molar-refractivity contribution >= 4 is 11.6 Å². The third-order valence-electron chi connectivity index (χ3n) is 5.23. The fourth-order valence-electron chi connectivity index (χ4n) is 3.16. The van der Waals surface area contributed by atoms with Crippen LogP contribution in [0.25, 0.3) is 0 Å². The maximum Gasteiger partial charge on any atom is 0.163 e. The number of carbonyl (C=O) groups is 2. The standard InChI is InChI=1S/C23H30N2O3/c1-17(26)23(2,15-19-7-5-4-6-8-19)25-16-22(28)21(24-3)14-11-18-9-12-20(27)13-10-18/h4-10,12-13,21,24-25,27H,11,14-16H2,1-3H3/t21-,23?/m0/s1. The zero-order valence-electron chi connectivity index (χ0n) is 16.9. The zero-order chi connectivity index (χ0) is 20.6. The van der Waals surface area contributed by atoms with Gasteiger partial charge in [0.1, 0.15) is 11.5 Å². The summed E-state index contributed by atoms with van der Waals surface area (Å²) in [5.41, 5.74) is 1.33. The number of aromatic hydroxyl groups is 1. The van der Waals surface area contributed by atoms with Gasteiger partial charge in [-0.15, -0.1) is 0 Å². The third-order valence-corrected chi connectivity index (χ3v) is 5.23. The van der Waals surface area contributed by atoms with Gasteiger partial charge in [0, 0.05) is 0 Å². The number of nitrogens with one attached hydrogen (secondary N) is 2. The van der Waals surface area contributed by atoms with E-state index in [0.29, 0.717) is 12.8 Å². The normalized spacial score (nSPS) is 14.2. The number of phenols is 1. The number of phenolic OH excluding ortho intramolecular Hbond substituents is 1. The van der Waals surface area contributed by atoms with Gasteiger partial charge < -0.3 is 10.4 Å². The highest BCUT2D eigenvalue weighted by atomic mass is 16.3. The van der Waals surface area contributed by atoms with Crippen LogP contribution < -0.4 is 10.6 Å². The number of hydrogen-bond donors (Lipinski definition) is 3. The highest BCUT2D eigenvalue weighted by Gasteiger charge is 2.31. The van der Waals surface area contributed by atoms with E-state index in [1.165, 1.54) is 0 Å². The van der Waals surface area contributed by atoms with Crippen LogP contribution in [-0.2, 0) is 22.4 Å². The molecule has 28 heavy (non-hydrogen) atoms. The van der Waals surface area contributed by atoms with Gasteiger partial charge in [0.05, 0.1) is 18.1 Å². The molecule has 150 valence electrons. The molecule has 0 aliphatic rings. The molecule has 0 radical (unpaired) electrons. The largest absolute Gasteiger partial charge is 0.508 e. The van der Waals surface area contributed by atoms with Crippen LogP contribution >= 0.6 is 0 Å². The van der Waals surface area contributed by atoms with E-state index in [9.17, 15) is 14.7 Å². The molecule has 0 bridgehead atoms. The Hall–Kier alpha value is -2.50. The number of benzene rings is 2. The molecule has 2 aromatic rings. The number of rotatable bonds is 11. The smallest absolute Gasteiger partial charge is 0.163 e. The van der Waals surface area contributed by atoms with E-state index >= 15 is 0 Å². The van der Waals surface area contributed by atoms with Crippen molar-refractivity contribution in [3.8, 4) is 5.75 Å². The Morgan fingerprint density at radius 1 is 1.04 bits per heavy atom. The van der Waals surface area contributed by atoms with Gasteiger partial charge in [-0.3, -0.25) is 14.9 Å². The molecule has 0 aliphatic carbocycles. The second-order valence-electron chi connectivity index (χ2n) is 7.42. The van der Waals surface area contributed by atoms with Crippen LogP contribution in [0, 0.1) is 0 Å². The number of aryl methyl sites for hydroxylation is 1. The minimum atomic E-state index is -0.785. The van der Waals surface area contributed by atoms with Crippen LogP contribution in [-0.4, -0.2) is 41.8 Å². The molecular weight excluding hydrogens is 352 g/mol. The minimum absolute atomic E-state index is 0.00857. The molecule has 0 aromatic heterocycles. The Kier molecular flexibility index (Phi) is 7.91. The number of hydrogen-bond acceptors (Lipinski definition) is 5. The van der Waals surface area contributed by atoms with Crippen molar-refractivity contribution in [3.63, 3.8) is 0 Å². The lowest BCUT2D eigenvalue weighted by Crippen LogP contribution is -2.54. The van der Waals surface area contributed by atoms with Gasteiger partial charge in [-0.25, -0.2) is 0 Å². The summed E-state index contributed by atoms with van der Waals surface area (Å²) in [6, 6.07) is 16.5. The maximum atomic E-state index is 12.7. The summed E-state index contributed by atoms with van der Waals surface area (Å²) in [5.74, 6) is 0.271. The summed E-state index contributed by atoms with van der Waals surface area (Å²) in [6.07, 6.45) is 1.91. The average Bonchev–Trinajstić information content (AvgIpc) is 2.69. The summed E-state index contributed by atoms with van der Waals surface area (Å²) < 4.78 is 0. The van der Waals surface area contributed by atoms with Crippen molar-refractivity contribution in [3.05, 3.63) is 65.7 Å². The molecule has 0 aliphatic heterocycles. The molecule has 3 N–H and O–H groups in total. The van der Waals surface area contributed by atoms with Crippen LogP contribution in [0.15, 0.2) is 54.6 Å². The summed E-state index contributed by atoms with van der Waals surface area (Å²) in [5, 5.41) is 15.6. The molecule has 2 atom stereocenters. The van der Waals surface area contributed by atoms with Crippen LogP contribution in [0.5, 0.6) is 5.75 Å². The lowest BCUT2D eigenvalue weighted by atomic mass is 9.88. The Morgan fingerprint density at radius 2 is 1.68 bits per heavy atom. The highest BCUT2D eigenvalue weighted by Crippen LogP contribution is 2.15. The summed E-state index contributed by atoms with van der Waals surface area (Å²) in [7, 11) is 1.77. The van der Waals surface area contributed by atoms with Gasteiger partial charge in [0.15, 0.2) is 5.78 Å². The van der Waals surface area contributed by atoms with E-state index in [1.807, 2.05) is 49.4 Å². The van der Waals surface area contributed by atoms with Gasteiger partial charge in [0.2, 0.25) is 0 Å². The van der Waals surface area contributed by atoms with E-state index < -0.39 is 5.54 Å². The van der Waals surface area contributed by atoms with E-state index in [2.05, 4.69) is 10.6 Å². The number of Topliss-reactive ketones (excluding diaryl/α,β-unsaturated/α-hetero) is 2. The van der Waals surface area contributed by atoms with Crippen molar-refractivity contribution in [1.29, 1.82) is 0 Å². The van der Waals surface area contributed by atoms with Gasteiger partial charge in [0.25, 0.3) is 0 Å². The number of ketones is 2. The molecule has 5 nitrogen and oxygen atoms in total. The highest BCUT2D eigenvalue weighted by molar-refractivity contribution is 5.89. The Labute approximate surface area is 167 Å². The number of carbonyl (C=O) groups excluding carboxylic acids is 2. The van der Waals surface area contributed by atoms with E-state index in [4.69, 9.17) is 0 Å². The topological polar surface area (TPSA) is 78.4 Å². The van der Waals surface area contributed by atoms with Crippen LogP contribution in [0.3, 0.4) is 0 Å². The molecule has 0 saturated heterocycles. The fourth-order valence-corrected chi connectivity index (χ4v) is 3.16. The molecule has 1 unspecified atom stereocenters. The second-order valence-corrected chi connectivity index (χ2v) is 7.42. The molecule has 0 spiro atoms. The number of likely N-dealkylation sites (N-methyl/N-ethyl adjacent to an activating group) is 1. The maximum absolute atomic E-state index is 12.7. The SMILES string of the molecule is CN[C@@H](CCc1ccc(O)cc1)C(=O)CNC(C)(Cc1ccccc1)C(C)=O. The first kappa shape index (κ1) is 21.8. The van der Waals surface area contributed by atoms with Crippen molar-refractivity contribution in [2.24, 2.45) is 0 Å². The molecule has 2 aromatic carbocycles. The fraction of sp³-hybridized carbons (Fsp3) is 0.391. The van der Waals surface area contributed by atoms with E-state index in [0.717, 1.165) is 17.5 Å². The monoisotopic (exact) mass is 382 g/mol. The van der Waals surface area contributed by atoms with Crippen molar-refractivity contribution in [1.82, 2.24) is 10.6 Å². The van der Waals surface area contributed by atoms with Crippen molar-refractivity contribution in [2.45, 2.75) is 44.7 Å². The molecule has 0 saturated carbocycles. The lowest BCUT2D eigenvalue weighted by Gasteiger charge is -2.29. The first-order chi connectivity index (χ1) is 13.3. The van der Waals surface area contributed by atoms with Gasteiger partial charge >= 0.3 is 0 Å². The van der Waals surface area contributed by atoms with Crippen molar-refractivity contribution in [2.75, 3.05) is 13.6 Å². The first-order valence-electron chi connectivity index (χ1n) is 9.62. The van der Waals surface area contributed by atoms with Crippen LogP contribution in [0.4, 0.5) is 0 Å².